The van der Waals surface area contributed by atoms with Gasteiger partial charge >= 0.3 is 0 Å². The average molecular weight is 441 g/mol. The van der Waals surface area contributed by atoms with E-state index in [4.69, 9.17) is 0 Å². The SMILES string of the molecule is CS(=O)(=O)N(CC(=O)Nc1ccc(CSc2ccccc2)cc1)Cc1ccccc1. The Morgan fingerprint density at radius 1 is 0.867 bits per heavy atom. The third kappa shape index (κ3) is 7.02. The van der Waals surface area contributed by atoms with Crippen molar-refractivity contribution in [3.05, 3.63) is 96.1 Å². The number of thioether (sulfide) groups is 1. The second-order valence-electron chi connectivity index (χ2n) is 6.86. The fourth-order valence-electron chi connectivity index (χ4n) is 2.81. The molecule has 0 heterocycles. The molecule has 7 heteroatoms. The molecule has 0 radical (unpaired) electrons. The van der Waals surface area contributed by atoms with Crippen LogP contribution in [0.1, 0.15) is 11.1 Å². The van der Waals surface area contributed by atoms with Crippen LogP contribution in [-0.4, -0.2) is 31.4 Å². The highest BCUT2D eigenvalue weighted by Gasteiger charge is 2.20. The van der Waals surface area contributed by atoms with E-state index in [2.05, 4.69) is 17.4 Å². The van der Waals surface area contributed by atoms with Crippen LogP contribution in [-0.2, 0) is 27.1 Å². The minimum absolute atomic E-state index is 0.155. The number of anilines is 1. The van der Waals surface area contributed by atoms with Crippen LogP contribution in [0.5, 0.6) is 0 Å². The zero-order valence-corrected chi connectivity index (χ0v) is 18.3. The Kier molecular flexibility index (Phi) is 7.68. The van der Waals surface area contributed by atoms with Gasteiger partial charge in [0, 0.05) is 22.9 Å². The van der Waals surface area contributed by atoms with Crippen molar-refractivity contribution in [2.24, 2.45) is 0 Å². The molecular weight excluding hydrogens is 416 g/mol. The smallest absolute Gasteiger partial charge is 0.239 e. The van der Waals surface area contributed by atoms with E-state index < -0.39 is 10.0 Å². The number of nitrogens with zero attached hydrogens (tertiary/aromatic N) is 1. The van der Waals surface area contributed by atoms with Gasteiger partial charge in [0.25, 0.3) is 0 Å². The number of hydrogen-bond donors (Lipinski definition) is 1. The number of sulfonamides is 1. The van der Waals surface area contributed by atoms with Gasteiger partial charge in [-0.1, -0.05) is 60.7 Å². The van der Waals surface area contributed by atoms with E-state index in [0.717, 1.165) is 23.1 Å². The van der Waals surface area contributed by atoms with E-state index >= 15 is 0 Å². The minimum Gasteiger partial charge on any atom is -0.325 e. The highest BCUT2D eigenvalue weighted by molar-refractivity contribution is 7.98. The zero-order valence-electron chi connectivity index (χ0n) is 16.7. The summed E-state index contributed by atoms with van der Waals surface area (Å²) in [6, 6.07) is 27.0. The summed E-state index contributed by atoms with van der Waals surface area (Å²) in [7, 11) is -3.52. The third-order valence-electron chi connectivity index (χ3n) is 4.38. The molecule has 3 aromatic carbocycles. The lowest BCUT2D eigenvalue weighted by molar-refractivity contribution is -0.116. The molecular formula is C23H24N2O3S2. The Bertz CT molecular complexity index is 1050. The molecule has 0 unspecified atom stereocenters. The molecule has 0 bridgehead atoms. The normalized spacial score (nSPS) is 11.4. The summed E-state index contributed by atoms with van der Waals surface area (Å²) in [5, 5.41) is 2.78. The van der Waals surface area contributed by atoms with Crippen LogP contribution in [0.4, 0.5) is 5.69 Å². The summed E-state index contributed by atoms with van der Waals surface area (Å²) < 4.78 is 25.4. The maximum absolute atomic E-state index is 12.4. The van der Waals surface area contributed by atoms with Crippen LogP contribution in [0.25, 0.3) is 0 Å². The number of hydrogen-bond acceptors (Lipinski definition) is 4. The standard InChI is InChI=1S/C23H24N2O3S2/c1-30(27,28)25(16-19-8-4-2-5-9-19)17-23(26)24-21-14-12-20(13-15-21)18-29-22-10-6-3-7-11-22/h2-15H,16-18H2,1H3,(H,24,26). The first-order chi connectivity index (χ1) is 14.4. The number of carbonyl (C=O) groups excluding carboxylic acids is 1. The van der Waals surface area contributed by atoms with E-state index in [-0.39, 0.29) is 19.0 Å². The summed E-state index contributed by atoms with van der Waals surface area (Å²) in [5.74, 6) is 0.458. The molecule has 30 heavy (non-hydrogen) atoms. The van der Waals surface area contributed by atoms with Gasteiger partial charge in [0.05, 0.1) is 12.8 Å². The van der Waals surface area contributed by atoms with Crippen LogP contribution in [0.15, 0.2) is 89.8 Å². The molecule has 0 atom stereocenters. The topological polar surface area (TPSA) is 66.5 Å². The van der Waals surface area contributed by atoms with Crippen LogP contribution in [0.3, 0.4) is 0 Å². The predicted molar refractivity (Wildman–Crippen MR) is 123 cm³/mol. The monoisotopic (exact) mass is 440 g/mol. The van der Waals surface area contributed by atoms with E-state index in [9.17, 15) is 13.2 Å². The quantitative estimate of drug-likeness (QED) is 0.502. The van der Waals surface area contributed by atoms with Crippen LogP contribution >= 0.6 is 11.8 Å². The molecule has 5 nitrogen and oxygen atoms in total. The van der Waals surface area contributed by atoms with Crippen molar-refractivity contribution in [1.82, 2.24) is 4.31 Å². The fraction of sp³-hybridized carbons (Fsp3) is 0.174. The molecule has 0 aromatic heterocycles. The predicted octanol–water partition coefficient (Wildman–Crippen LogP) is 4.38. The van der Waals surface area contributed by atoms with Gasteiger partial charge < -0.3 is 5.32 Å². The molecule has 0 saturated heterocycles. The van der Waals surface area contributed by atoms with Crippen molar-refractivity contribution in [1.29, 1.82) is 0 Å². The molecule has 3 rings (SSSR count). The number of nitrogens with one attached hydrogen (secondary N) is 1. The van der Waals surface area contributed by atoms with Crippen molar-refractivity contribution in [2.75, 3.05) is 18.1 Å². The van der Waals surface area contributed by atoms with Gasteiger partial charge in [-0.25, -0.2) is 8.42 Å². The van der Waals surface area contributed by atoms with E-state index in [1.54, 1.807) is 11.8 Å². The van der Waals surface area contributed by atoms with Crippen molar-refractivity contribution in [3.63, 3.8) is 0 Å². The Morgan fingerprint density at radius 3 is 2.07 bits per heavy atom. The molecule has 1 N–H and O–H groups in total. The van der Waals surface area contributed by atoms with Crippen LogP contribution in [0, 0.1) is 0 Å². The van der Waals surface area contributed by atoms with Gasteiger partial charge in [0.2, 0.25) is 15.9 Å². The average Bonchev–Trinajstić information content (AvgIpc) is 2.74. The molecule has 3 aromatic rings. The van der Waals surface area contributed by atoms with Gasteiger partial charge in [-0.15, -0.1) is 11.8 Å². The minimum atomic E-state index is -3.52. The first-order valence-electron chi connectivity index (χ1n) is 9.46. The van der Waals surface area contributed by atoms with Gasteiger partial charge in [0.15, 0.2) is 0 Å². The molecule has 156 valence electrons. The number of carbonyl (C=O) groups is 1. The molecule has 0 aliphatic rings. The zero-order chi connectivity index (χ0) is 21.4. The van der Waals surface area contributed by atoms with Gasteiger partial charge in [-0.3, -0.25) is 4.79 Å². The number of benzene rings is 3. The van der Waals surface area contributed by atoms with E-state index in [1.807, 2.05) is 72.8 Å². The molecule has 0 aliphatic carbocycles. The third-order valence-corrected chi connectivity index (χ3v) is 6.66. The maximum atomic E-state index is 12.4. The number of amides is 1. The van der Waals surface area contributed by atoms with Crippen LogP contribution < -0.4 is 5.32 Å². The van der Waals surface area contributed by atoms with E-state index in [0.29, 0.717) is 5.69 Å². The largest absolute Gasteiger partial charge is 0.325 e. The summed E-state index contributed by atoms with van der Waals surface area (Å²) in [4.78, 5) is 13.6. The highest BCUT2D eigenvalue weighted by atomic mass is 32.2. The lowest BCUT2D eigenvalue weighted by Gasteiger charge is -2.19. The highest BCUT2D eigenvalue weighted by Crippen LogP contribution is 2.23. The molecule has 0 aliphatic heterocycles. The summed E-state index contributed by atoms with van der Waals surface area (Å²) in [5.41, 5.74) is 2.61. The lowest BCUT2D eigenvalue weighted by Crippen LogP contribution is -2.36. The first kappa shape index (κ1) is 22.1. The molecule has 0 saturated carbocycles. The van der Waals surface area contributed by atoms with Crippen molar-refractivity contribution >= 4 is 33.4 Å². The van der Waals surface area contributed by atoms with Crippen molar-refractivity contribution in [2.45, 2.75) is 17.2 Å². The summed E-state index contributed by atoms with van der Waals surface area (Å²) in [6.45, 7) is -0.0813. The van der Waals surface area contributed by atoms with Gasteiger partial charge in [-0.05, 0) is 35.4 Å². The van der Waals surface area contributed by atoms with Gasteiger partial charge in [0.1, 0.15) is 0 Å². The molecule has 1 amide bonds. The lowest BCUT2D eigenvalue weighted by atomic mass is 10.2. The fourth-order valence-corrected chi connectivity index (χ4v) is 4.42. The second-order valence-corrected chi connectivity index (χ2v) is 9.89. The van der Waals surface area contributed by atoms with Crippen molar-refractivity contribution in [3.8, 4) is 0 Å². The Labute approximate surface area is 182 Å². The van der Waals surface area contributed by atoms with Gasteiger partial charge in [-0.2, -0.15) is 4.31 Å². The van der Waals surface area contributed by atoms with Crippen molar-refractivity contribution < 1.29 is 13.2 Å². The first-order valence-corrected chi connectivity index (χ1v) is 12.3. The Balaban J connectivity index is 1.56. The molecule has 0 fully saturated rings. The Hall–Kier alpha value is -2.61. The summed E-state index contributed by atoms with van der Waals surface area (Å²) >= 11 is 1.74. The van der Waals surface area contributed by atoms with Crippen LogP contribution in [0.2, 0.25) is 0 Å². The van der Waals surface area contributed by atoms with E-state index in [1.165, 1.54) is 9.20 Å². The molecule has 0 spiro atoms. The Morgan fingerprint density at radius 2 is 1.47 bits per heavy atom. The summed E-state index contributed by atoms with van der Waals surface area (Å²) in [6.07, 6.45) is 1.11. The second kappa shape index (κ2) is 10.4. The maximum Gasteiger partial charge on any atom is 0.239 e. The number of rotatable bonds is 9.